The molecule has 2 heterocycles. The predicted octanol–water partition coefficient (Wildman–Crippen LogP) is 1.47. The van der Waals surface area contributed by atoms with Crippen LogP contribution in [0.5, 0.6) is 0 Å². The molecular weight excluding hydrogens is 272 g/mol. The first-order valence-corrected chi connectivity index (χ1v) is 8.72. The standard InChI is InChI=1S/C15H20N2O2S/c1-17-7-2-3-13-9-12(4-5-15(13)17)10-16-14-6-8-20(18,19)11-14/h4-6,8-9,14,16H,2-3,7,10-11H2,1H3. The summed E-state index contributed by atoms with van der Waals surface area (Å²) in [4.78, 5) is 2.29. The number of hydrogen-bond acceptors (Lipinski definition) is 4. The Bertz CT molecular complexity index is 637. The number of fused-ring (bicyclic) bond motifs is 1. The molecule has 0 aliphatic carbocycles. The van der Waals surface area contributed by atoms with E-state index in [1.54, 1.807) is 6.08 Å². The monoisotopic (exact) mass is 292 g/mol. The number of nitrogens with one attached hydrogen (secondary N) is 1. The summed E-state index contributed by atoms with van der Waals surface area (Å²) in [5, 5.41) is 4.60. The highest BCUT2D eigenvalue weighted by molar-refractivity contribution is 7.94. The van der Waals surface area contributed by atoms with Crippen molar-refractivity contribution in [2.24, 2.45) is 0 Å². The van der Waals surface area contributed by atoms with Crippen LogP contribution in [0.15, 0.2) is 29.7 Å². The van der Waals surface area contributed by atoms with E-state index in [1.165, 1.54) is 28.6 Å². The zero-order chi connectivity index (χ0) is 14.2. The molecule has 0 saturated heterocycles. The van der Waals surface area contributed by atoms with Gasteiger partial charge in [-0.1, -0.05) is 18.2 Å². The molecule has 1 aromatic rings. The molecule has 0 radical (unpaired) electrons. The molecule has 1 N–H and O–H groups in total. The van der Waals surface area contributed by atoms with Gasteiger partial charge in [-0.15, -0.1) is 0 Å². The van der Waals surface area contributed by atoms with Gasteiger partial charge in [-0.05, 0) is 30.0 Å². The van der Waals surface area contributed by atoms with Crippen molar-refractivity contribution < 1.29 is 8.42 Å². The molecule has 0 bridgehead atoms. The van der Waals surface area contributed by atoms with Crippen LogP contribution in [0, 0.1) is 0 Å². The average molecular weight is 292 g/mol. The molecule has 0 fully saturated rings. The maximum absolute atomic E-state index is 11.3. The lowest BCUT2D eigenvalue weighted by Crippen LogP contribution is -2.29. The van der Waals surface area contributed by atoms with Crippen LogP contribution in [0.1, 0.15) is 17.5 Å². The van der Waals surface area contributed by atoms with Gasteiger partial charge in [-0.2, -0.15) is 0 Å². The topological polar surface area (TPSA) is 49.4 Å². The molecular formula is C15H20N2O2S. The van der Waals surface area contributed by atoms with E-state index in [1.807, 2.05) is 0 Å². The van der Waals surface area contributed by atoms with Crippen LogP contribution in [0.4, 0.5) is 5.69 Å². The third-order valence-corrected chi connectivity index (χ3v) is 5.39. The van der Waals surface area contributed by atoms with E-state index in [-0.39, 0.29) is 11.8 Å². The Labute approximate surface area is 120 Å². The molecule has 0 amide bonds. The summed E-state index contributed by atoms with van der Waals surface area (Å²) in [6.07, 6.45) is 4.07. The van der Waals surface area contributed by atoms with Crippen LogP contribution >= 0.6 is 0 Å². The minimum Gasteiger partial charge on any atom is -0.374 e. The molecule has 1 atom stereocenters. The first-order valence-electron chi connectivity index (χ1n) is 7.01. The summed E-state index contributed by atoms with van der Waals surface area (Å²) in [6.45, 7) is 1.83. The molecule has 2 aliphatic rings. The lowest BCUT2D eigenvalue weighted by molar-refractivity contribution is 0.590. The van der Waals surface area contributed by atoms with Crippen LogP contribution in [0.25, 0.3) is 0 Å². The highest BCUT2D eigenvalue weighted by Gasteiger charge is 2.21. The van der Waals surface area contributed by atoms with Crippen molar-refractivity contribution in [3.8, 4) is 0 Å². The zero-order valence-corrected chi connectivity index (χ0v) is 12.5. The third kappa shape index (κ3) is 2.88. The Morgan fingerprint density at radius 3 is 3.00 bits per heavy atom. The van der Waals surface area contributed by atoms with Gasteiger partial charge in [0, 0.05) is 37.3 Å². The Kier molecular flexibility index (Phi) is 3.56. The Morgan fingerprint density at radius 2 is 2.25 bits per heavy atom. The van der Waals surface area contributed by atoms with Gasteiger partial charge < -0.3 is 10.2 Å². The van der Waals surface area contributed by atoms with Crippen molar-refractivity contribution in [3.05, 3.63) is 40.8 Å². The largest absolute Gasteiger partial charge is 0.374 e. The lowest BCUT2D eigenvalue weighted by atomic mass is 9.99. The summed E-state index contributed by atoms with van der Waals surface area (Å²) in [6, 6.07) is 6.48. The van der Waals surface area contributed by atoms with Gasteiger partial charge in [0.2, 0.25) is 0 Å². The smallest absolute Gasteiger partial charge is 0.173 e. The normalized spacial score (nSPS) is 23.9. The first kappa shape index (κ1) is 13.6. The fourth-order valence-corrected chi connectivity index (χ4v) is 4.17. The van der Waals surface area contributed by atoms with Gasteiger partial charge in [-0.25, -0.2) is 8.42 Å². The molecule has 108 valence electrons. The number of anilines is 1. The van der Waals surface area contributed by atoms with Crippen molar-refractivity contribution >= 4 is 15.5 Å². The van der Waals surface area contributed by atoms with Crippen LogP contribution in [0.3, 0.4) is 0 Å². The fourth-order valence-electron chi connectivity index (χ4n) is 2.90. The molecule has 3 rings (SSSR count). The minimum absolute atomic E-state index is 0.0568. The molecule has 0 aromatic heterocycles. The number of benzene rings is 1. The quantitative estimate of drug-likeness (QED) is 0.916. The fraction of sp³-hybridized carbons (Fsp3) is 0.467. The zero-order valence-electron chi connectivity index (χ0n) is 11.7. The molecule has 4 nitrogen and oxygen atoms in total. The Morgan fingerprint density at radius 1 is 1.40 bits per heavy atom. The van der Waals surface area contributed by atoms with Crippen molar-refractivity contribution in [3.63, 3.8) is 0 Å². The number of aryl methyl sites for hydroxylation is 1. The maximum Gasteiger partial charge on any atom is 0.173 e. The number of rotatable bonds is 3. The van der Waals surface area contributed by atoms with E-state index >= 15 is 0 Å². The van der Waals surface area contributed by atoms with E-state index in [0.717, 1.165) is 13.0 Å². The first-order chi connectivity index (χ1) is 9.53. The van der Waals surface area contributed by atoms with E-state index in [9.17, 15) is 8.42 Å². The number of sulfone groups is 1. The number of hydrogen-bond donors (Lipinski definition) is 1. The van der Waals surface area contributed by atoms with Crippen LogP contribution < -0.4 is 10.2 Å². The van der Waals surface area contributed by atoms with E-state index in [0.29, 0.717) is 6.54 Å². The average Bonchev–Trinajstić information content (AvgIpc) is 2.76. The van der Waals surface area contributed by atoms with Crippen LogP contribution in [0.2, 0.25) is 0 Å². The van der Waals surface area contributed by atoms with Gasteiger partial charge in [0.15, 0.2) is 9.84 Å². The van der Waals surface area contributed by atoms with E-state index in [2.05, 4.69) is 35.5 Å². The molecule has 1 aromatic carbocycles. The SMILES string of the molecule is CN1CCCc2cc(CNC3C=CS(=O)(=O)C3)ccc21. The second-order valence-corrected chi connectivity index (χ2v) is 7.56. The minimum atomic E-state index is -2.97. The van der Waals surface area contributed by atoms with E-state index < -0.39 is 9.84 Å². The van der Waals surface area contributed by atoms with Crippen molar-refractivity contribution in [1.29, 1.82) is 0 Å². The van der Waals surface area contributed by atoms with Gasteiger partial charge in [0.25, 0.3) is 0 Å². The summed E-state index contributed by atoms with van der Waals surface area (Å²) in [7, 11) is -0.842. The lowest BCUT2D eigenvalue weighted by Gasteiger charge is -2.28. The molecule has 2 aliphatic heterocycles. The predicted molar refractivity (Wildman–Crippen MR) is 81.6 cm³/mol. The summed E-state index contributed by atoms with van der Waals surface area (Å²) < 4.78 is 22.7. The summed E-state index contributed by atoms with van der Waals surface area (Å²) >= 11 is 0. The Hall–Kier alpha value is -1.33. The van der Waals surface area contributed by atoms with Gasteiger partial charge in [0.05, 0.1) is 5.75 Å². The van der Waals surface area contributed by atoms with Crippen molar-refractivity contribution in [1.82, 2.24) is 5.32 Å². The molecule has 0 spiro atoms. The molecule has 0 saturated carbocycles. The number of nitrogens with zero attached hydrogens (tertiary/aromatic N) is 1. The molecule has 20 heavy (non-hydrogen) atoms. The van der Waals surface area contributed by atoms with E-state index in [4.69, 9.17) is 0 Å². The van der Waals surface area contributed by atoms with Gasteiger partial charge in [0.1, 0.15) is 0 Å². The van der Waals surface area contributed by atoms with Gasteiger partial charge in [-0.3, -0.25) is 0 Å². The Balaban J connectivity index is 1.66. The molecule has 1 unspecified atom stereocenters. The van der Waals surface area contributed by atoms with Crippen LogP contribution in [-0.4, -0.2) is 33.8 Å². The second-order valence-electron chi connectivity index (χ2n) is 5.63. The molecule has 5 heteroatoms. The summed E-state index contributed by atoms with van der Waals surface area (Å²) in [5.41, 5.74) is 3.94. The highest BCUT2D eigenvalue weighted by atomic mass is 32.2. The highest BCUT2D eigenvalue weighted by Crippen LogP contribution is 2.26. The maximum atomic E-state index is 11.3. The van der Waals surface area contributed by atoms with Gasteiger partial charge >= 0.3 is 0 Å². The second kappa shape index (κ2) is 5.22. The third-order valence-electron chi connectivity index (χ3n) is 3.99. The van der Waals surface area contributed by atoms with Crippen molar-refractivity contribution in [2.45, 2.75) is 25.4 Å². The summed E-state index contributed by atoms with van der Waals surface area (Å²) in [5.74, 6) is 0.181. The van der Waals surface area contributed by atoms with Crippen molar-refractivity contribution in [2.75, 3.05) is 24.2 Å². The van der Waals surface area contributed by atoms with Crippen LogP contribution in [-0.2, 0) is 22.8 Å².